The zero-order valence-electron chi connectivity index (χ0n) is 13.2. The summed E-state index contributed by atoms with van der Waals surface area (Å²) in [6.07, 6.45) is 0.304. The summed E-state index contributed by atoms with van der Waals surface area (Å²) in [5.41, 5.74) is 0.491. The maximum absolute atomic E-state index is 12.0. The predicted molar refractivity (Wildman–Crippen MR) is 87.8 cm³/mol. The molecule has 0 saturated carbocycles. The number of methoxy groups -OCH3 is 1. The summed E-state index contributed by atoms with van der Waals surface area (Å²) in [7, 11) is 1.53. The molecule has 1 rings (SSSR count). The minimum atomic E-state index is -1.09. The summed E-state index contributed by atoms with van der Waals surface area (Å²) < 4.78 is 5.76. The summed E-state index contributed by atoms with van der Waals surface area (Å²) in [5, 5.41) is 12.0. The van der Waals surface area contributed by atoms with Crippen LogP contribution in [0, 0.1) is 11.8 Å². The normalized spacial score (nSPS) is 13.5. The molecule has 0 aliphatic rings. The summed E-state index contributed by atoms with van der Waals surface area (Å²) in [6.45, 7) is 6.05. The van der Waals surface area contributed by atoms with Crippen LogP contribution in [0.5, 0.6) is 5.75 Å². The maximum Gasteiger partial charge on any atom is 0.330 e. The summed E-state index contributed by atoms with van der Waals surface area (Å²) in [6, 6.07) is 3.87. The Morgan fingerprint density at radius 2 is 1.95 bits per heavy atom. The third-order valence-electron chi connectivity index (χ3n) is 3.71. The van der Waals surface area contributed by atoms with Crippen LogP contribution in [0.1, 0.15) is 38.8 Å². The van der Waals surface area contributed by atoms with Crippen LogP contribution in [0.4, 0.5) is 0 Å². The molecule has 0 spiro atoms. The van der Waals surface area contributed by atoms with Crippen LogP contribution in [0.3, 0.4) is 0 Å². The highest BCUT2D eigenvalue weighted by molar-refractivity contribution is 9.10. The Bertz CT molecular complexity index is 545. The van der Waals surface area contributed by atoms with Gasteiger partial charge in [0.25, 0.3) is 0 Å². The van der Waals surface area contributed by atoms with Gasteiger partial charge in [0.05, 0.1) is 11.6 Å². The van der Waals surface area contributed by atoms with Gasteiger partial charge in [-0.25, -0.2) is 4.79 Å². The number of carboxylic acid groups (broad SMARTS) is 1. The van der Waals surface area contributed by atoms with Gasteiger partial charge in [-0.1, -0.05) is 26.8 Å². The van der Waals surface area contributed by atoms with Gasteiger partial charge in [-0.2, -0.15) is 0 Å². The van der Waals surface area contributed by atoms with Crippen molar-refractivity contribution in [1.82, 2.24) is 5.32 Å². The first-order chi connectivity index (χ1) is 10.3. The summed E-state index contributed by atoms with van der Waals surface area (Å²) in [5.74, 6) is -0.197. The number of hydrogen-bond acceptors (Lipinski definition) is 3. The highest BCUT2D eigenvalue weighted by atomic mass is 79.9. The molecule has 1 aromatic rings. The molecular weight excluding hydrogens is 350 g/mol. The first kappa shape index (κ1) is 18.5. The van der Waals surface area contributed by atoms with Crippen LogP contribution in [0.15, 0.2) is 22.7 Å². The SMILES string of the molecule is COc1ccc(C(NC(=O)CC(C)C(C)C)C(=O)O)cc1Br. The molecule has 0 fully saturated rings. The number of rotatable bonds is 7. The van der Waals surface area contributed by atoms with Gasteiger partial charge in [0.1, 0.15) is 5.75 Å². The Balaban J connectivity index is 2.88. The largest absolute Gasteiger partial charge is 0.496 e. The lowest BCUT2D eigenvalue weighted by Crippen LogP contribution is -2.35. The van der Waals surface area contributed by atoms with Crippen molar-refractivity contribution in [2.45, 2.75) is 33.2 Å². The smallest absolute Gasteiger partial charge is 0.330 e. The fraction of sp³-hybridized carbons (Fsp3) is 0.500. The van der Waals surface area contributed by atoms with E-state index in [1.54, 1.807) is 18.2 Å². The van der Waals surface area contributed by atoms with Crippen LogP contribution in [0.2, 0.25) is 0 Å². The first-order valence-corrected chi connectivity index (χ1v) is 7.91. The molecule has 1 aromatic carbocycles. The predicted octanol–water partition coefficient (Wildman–Crippen LogP) is 3.38. The number of amides is 1. The van der Waals surface area contributed by atoms with E-state index in [0.717, 1.165) is 0 Å². The van der Waals surface area contributed by atoms with Gasteiger partial charge in [-0.3, -0.25) is 4.79 Å². The number of ether oxygens (including phenoxy) is 1. The molecule has 0 aromatic heterocycles. The summed E-state index contributed by atoms with van der Waals surface area (Å²) >= 11 is 3.32. The number of hydrogen-bond donors (Lipinski definition) is 2. The molecule has 0 heterocycles. The van der Waals surface area contributed by atoms with Gasteiger partial charge in [0.15, 0.2) is 6.04 Å². The van der Waals surface area contributed by atoms with Crippen molar-refractivity contribution in [2.24, 2.45) is 11.8 Å². The highest BCUT2D eigenvalue weighted by Gasteiger charge is 2.24. The third-order valence-corrected chi connectivity index (χ3v) is 4.33. The highest BCUT2D eigenvalue weighted by Crippen LogP contribution is 2.28. The lowest BCUT2D eigenvalue weighted by Gasteiger charge is -2.19. The molecule has 22 heavy (non-hydrogen) atoms. The van der Waals surface area contributed by atoms with E-state index in [4.69, 9.17) is 4.74 Å². The number of carbonyl (C=O) groups excluding carboxylic acids is 1. The van der Waals surface area contributed by atoms with Crippen LogP contribution < -0.4 is 10.1 Å². The van der Waals surface area contributed by atoms with E-state index in [1.807, 2.05) is 20.8 Å². The van der Waals surface area contributed by atoms with E-state index in [2.05, 4.69) is 21.2 Å². The third kappa shape index (κ3) is 5.02. The van der Waals surface area contributed by atoms with Crippen molar-refractivity contribution < 1.29 is 19.4 Å². The van der Waals surface area contributed by atoms with Crippen molar-refractivity contribution in [1.29, 1.82) is 0 Å². The van der Waals surface area contributed by atoms with Gasteiger partial charge in [0.2, 0.25) is 5.91 Å². The first-order valence-electron chi connectivity index (χ1n) is 7.11. The lowest BCUT2D eigenvalue weighted by molar-refractivity contribution is -0.142. The van der Waals surface area contributed by atoms with Gasteiger partial charge >= 0.3 is 5.97 Å². The second-order valence-corrected chi connectivity index (χ2v) is 6.51. The minimum absolute atomic E-state index is 0.192. The minimum Gasteiger partial charge on any atom is -0.496 e. The second kappa shape index (κ2) is 8.17. The van der Waals surface area contributed by atoms with E-state index in [1.165, 1.54) is 7.11 Å². The van der Waals surface area contributed by atoms with Gasteiger partial charge in [-0.05, 0) is 45.5 Å². The molecule has 0 bridgehead atoms. The quantitative estimate of drug-likeness (QED) is 0.770. The topological polar surface area (TPSA) is 75.6 Å². The van der Waals surface area contributed by atoms with Crippen LogP contribution >= 0.6 is 15.9 Å². The Labute approximate surface area is 139 Å². The zero-order chi connectivity index (χ0) is 16.9. The van der Waals surface area contributed by atoms with Gasteiger partial charge < -0.3 is 15.2 Å². The van der Waals surface area contributed by atoms with E-state index < -0.39 is 12.0 Å². The maximum atomic E-state index is 12.0. The summed E-state index contributed by atoms with van der Waals surface area (Å²) in [4.78, 5) is 23.5. The standard InChI is InChI=1S/C16H22BrNO4/c1-9(2)10(3)7-14(19)18-15(16(20)21)11-5-6-13(22-4)12(17)8-11/h5-6,8-10,15H,7H2,1-4H3,(H,18,19)(H,20,21). The molecule has 2 unspecified atom stereocenters. The van der Waals surface area contributed by atoms with Crippen molar-refractivity contribution in [3.8, 4) is 5.75 Å². The Hall–Kier alpha value is -1.56. The molecule has 1 amide bonds. The Kier molecular flexibility index (Phi) is 6.87. The average Bonchev–Trinajstić information content (AvgIpc) is 2.44. The van der Waals surface area contributed by atoms with E-state index in [0.29, 0.717) is 28.1 Å². The van der Waals surface area contributed by atoms with Gasteiger partial charge in [-0.15, -0.1) is 0 Å². The number of aliphatic carboxylic acids is 1. The number of nitrogens with one attached hydrogen (secondary N) is 1. The van der Waals surface area contributed by atoms with Crippen LogP contribution in [0.25, 0.3) is 0 Å². The number of carbonyl (C=O) groups is 2. The lowest BCUT2D eigenvalue weighted by atomic mass is 9.94. The molecular formula is C16H22BrNO4. The van der Waals surface area contributed by atoms with Crippen molar-refractivity contribution >= 4 is 27.8 Å². The van der Waals surface area contributed by atoms with Crippen molar-refractivity contribution in [3.63, 3.8) is 0 Å². The fourth-order valence-corrected chi connectivity index (χ4v) is 2.46. The Morgan fingerprint density at radius 3 is 2.41 bits per heavy atom. The molecule has 2 N–H and O–H groups in total. The molecule has 0 aliphatic heterocycles. The van der Waals surface area contributed by atoms with Crippen LogP contribution in [-0.4, -0.2) is 24.1 Å². The van der Waals surface area contributed by atoms with Gasteiger partial charge in [0, 0.05) is 6.42 Å². The van der Waals surface area contributed by atoms with E-state index >= 15 is 0 Å². The zero-order valence-corrected chi connectivity index (χ0v) is 14.8. The molecule has 6 heteroatoms. The van der Waals surface area contributed by atoms with Crippen LogP contribution in [-0.2, 0) is 9.59 Å². The molecule has 0 saturated heterocycles. The molecule has 122 valence electrons. The second-order valence-electron chi connectivity index (χ2n) is 5.66. The fourth-order valence-electron chi connectivity index (χ4n) is 1.90. The molecule has 0 radical (unpaired) electrons. The number of halogens is 1. The monoisotopic (exact) mass is 371 g/mol. The average molecular weight is 372 g/mol. The number of benzene rings is 1. The Morgan fingerprint density at radius 1 is 1.32 bits per heavy atom. The van der Waals surface area contributed by atoms with E-state index in [9.17, 15) is 14.7 Å². The molecule has 2 atom stereocenters. The van der Waals surface area contributed by atoms with E-state index in [-0.39, 0.29) is 11.8 Å². The van der Waals surface area contributed by atoms with Crippen molar-refractivity contribution in [3.05, 3.63) is 28.2 Å². The van der Waals surface area contributed by atoms with Crippen molar-refractivity contribution in [2.75, 3.05) is 7.11 Å². The molecule has 0 aliphatic carbocycles. The molecule has 5 nitrogen and oxygen atoms in total. The number of carboxylic acids is 1.